The normalized spacial score (nSPS) is 11.3. The van der Waals surface area contributed by atoms with Crippen molar-refractivity contribution >= 4 is 11.9 Å². The number of nitrogen functional groups attached to an aromatic ring is 1. The highest BCUT2D eigenvalue weighted by Gasteiger charge is 2.13. The standard InChI is InChI=1S/C13H27N7O/c1-6-21-13-17-11(16-12(18-13)19-14)15-7-8-20(9(2)3)10(4)5/h9-10H,6-8,14H2,1-5H3,(H2,15,16,17,18,19). The zero-order chi connectivity index (χ0) is 15.8. The van der Waals surface area contributed by atoms with E-state index in [1.165, 1.54) is 0 Å². The fourth-order valence-corrected chi connectivity index (χ4v) is 2.10. The third-order valence-corrected chi connectivity index (χ3v) is 3.00. The van der Waals surface area contributed by atoms with Crippen LogP contribution in [0.15, 0.2) is 0 Å². The Balaban J connectivity index is 2.63. The summed E-state index contributed by atoms with van der Waals surface area (Å²) in [6.45, 7) is 12.7. The Morgan fingerprint density at radius 1 is 1.10 bits per heavy atom. The number of rotatable bonds is 9. The van der Waals surface area contributed by atoms with E-state index < -0.39 is 0 Å². The van der Waals surface area contributed by atoms with Gasteiger partial charge in [-0.05, 0) is 34.6 Å². The molecular weight excluding hydrogens is 270 g/mol. The van der Waals surface area contributed by atoms with Gasteiger partial charge in [0.1, 0.15) is 0 Å². The van der Waals surface area contributed by atoms with Crippen molar-refractivity contribution in [3.05, 3.63) is 0 Å². The molecule has 1 aromatic heterocycles. The summed E-state index contributed by atoms with van der Waals surface area (Å²) >= 11 is 0. The predicted octanol–water partition coefficient (Wildman–Crippen LogP) is 1.09. The average Bonchev–Trinajstić information content (AvgIpc) is 2.42. The number of aromatic nitrogens is 3. The van der Waals surface area contributed by atoms with Crippen LogP contribution in [-0.4, -0.2) is 51.6 Å². The van der Waals surface area contributed by atoms with Crippen LogP contribution in [0.2, 0.25) is 0 Å². The number of hydrogen-bond acceptors (Lipinski definition) is 8. The summed E-state index contributed by atoms with van der Waals surface area (Å²) in [6.07, 6.45) is 0. The Labute approximate surface area is 126 Å². The summed E-state index contributed by atoms with van der Waals surface area (Å²) in [5.41, 5.74) is 2.41. The van der Waals surface area contributed by atoms with Crippen LogP contribution in [0.25, 0.3) is 0 Å². The monoisotopic (exact) mass is 297 g/mol. The molecule has 0 fully saturated rings. The smallest absolute Gasteiger partial charge is 0.323 e. The Bertz CT molecular complexity index is 417. The van der Waals surface area contributed by atoms with Gasteiger partial charge in [-0.15, -0.1) is 0 Å². The van der Waals surface area contributed by atoms with E-state index in [2.05, 4.69) is 58.3 Å². The number of hydrazine groups is 1. The largest absolute Gasteiger partial charge is 0.464 e. The quantitative estimate of drug-likeness (QED) is 0.460. The average molecular weight is 297 g/mol. The molecule has 0 aliphatic carbocycles. The van der Waals surface area contributed by atoms with Crippen LogP contribution in [0.3, 0.4) is 0 Å². The maximum atomic E-state index is 5.35. The first-order valence-electron chi connectivity index (χ1n) is 7.33. The Morgan fingerprint density at radius 2 is 1.71 bits per heavy atom. The molecule has 0 atom stereocenters. The SMILES string of the molecule is CCOc1nc(NN)nc(NCCN(C(C)C)C(C)C)n1. The van der Waals surface area contributed by atoms with E-state index in [0.29, 0.717) is 24.6 Å². The zero-order valence-electron chi connectivity index (χ0n) is 13.6. The second-order valence-electron chi connectivity index (χ2n) is 5.19. The first-order valence-corrected chi connectivity index (χ1v) is 7.33. The first kappa shape index (κ1) is 17.4. The molecule has 0 unspecified atom stereocenters. The molecule has 8 nitrogen and oxygen atoms in total. The van der Waals surface area contributed by atoms with E-state index in [4.69, 9.17) is 10.6 Å². The molecule has 1 rings (SSSR count). The highest BCUT2D eigenvalue weighted by Crippen LogP contribution is 2.10. The number of anilines is 2. The minimum Gasteiger partial charge on any atom is -0.464 e. The van der Waals surface area contributed by atoms with E-state index in [9.17, 15) is 0 Å². The molecule has 8 heteroatoms. The van der Waals surface area contributed by atoms with Crippen LogP contribution in [0.4, 0.5) is 11.9 Å². The zero-order valence-corrected chi connectivity index (χ0v) is 13.6. The Morgan fingerprint density at radius 3 is 2.24 bits per heavy atom. The van der Waals surface area contributed by atoms with Gasteiger partial charge in [0.15, 0.2) is 0 Å². The summed E-state index contributed by atoms with van der Waals surface area (Å²) < 4.78 is 5.28. The van der Waals surface area contributed by atoms with Crippen LogP contribution in [0, 0.1) is 0 Å². The topological polar surface area (TPSA) is 101 Å². The molecule has 0 saturated carbocycles. The third-order valence-electron chi connectivity index (χ3n) is 3.00. The lowest BCUT2D eigenvalue weighted by Crippen LogP contribution is -2.40. The van der Waals surface area contributed by atoms with Gasteiger partial charge >= 0.3 is 6.01 Å². The number of nitrogens with zero attached hydrogens (tertiary/aromatic N) is 4. The number of hydrogen-bond donors (Lipinski definition) is 3. The fraction of sp³-hybridized carbons (Fsp3) is 0.769. The minimum absolute atomic E-state index is 0.257. The molecule has 0 aromatic carbocycles. The van der Waals surface area contributed by atoms with E-state index in [1.54, 1.807) is 0 Å². The molecule has 1 heterocycles. The molecule has 0 aliphatic heterocycles. The summed E-state index contributed by atoms with van der Waals surface area (Å²) in [7, 11) is 0. The lowest BCUT2D eigenvalue weighted by molar-refractivity contribution is 0.182. The van der Waals surface area contributed by atoms with Crippen LogP contribution in [0.1, 0.15) is 34.6 Å². The molecule has 0 aliphatic rings. The molecule has 1 aromatic rings. The van der Waals surface area contributed by atoms with Crippen LogP contribution in [0.5, 0.6) is 6.01 Å². The van der Waals surface area contributed by atoms with E-state index in [-0.39, 0.29) is 12.0 Å². The Kier molecular flexibility index (Phi) is 7.10. The van der Waals surface area contributed by atoms with Gasteiger partial charge in [-0.25, -0.2) is 5.84 Å². The van der Waals surface area contributed by atoms with Gasteiger partial charge in [0.25, 0.3) is 0 Å². The van der Waals surface area contributed by atoms with Gasteiger partial charge in [-0.3, -0.25) is 10.3 Å². The van der Waals surface area contributed by atoms with Crippen molar-refractivity contribution in [3.8, 4) is 6.01 Å². The van der Waals surface area contributed by atoms with Crippen LogP contribution in [-0.2, 0) is 0 Å². The van der Waals surface area contributed by atoms with E-state index in [1.807, 2.05) is 6.92 Å². The number of nitrogens with two attached hydrogens (primary N) is 1. The van der Waals surface area contributed by atoms with Crippen molar-refractivity contribution in [2.24, 2.45) is 5.84 Å². The number of nitrogens with one attached hydrogen (secondary N) is 2. The van der Waals surface area contributed by atoms with Crippen LogP contribution >= 0.6 is 0 Å². The molecule has 0 saturated heterocycles. The highest BCUT2D eigenvalue weighted by atomic mass is 16.5. The van der Waals surface area contributed by atoms with Crippen molar-refractivity contribution in [1.29, 1.82) is 0 Å². The molecule has 0 amide bonds. The molecule has 4 N–H and O–H groups in total. The van der Waals surface area contributed by atoms with E-state index in [0.717, 1.165) is 13.1 Å². The molecular formula is C13H27N7O. The molecule has 0 radical (unpaired) electrons. The molecule has 0 bridgehead atoms. The lowest BCUT2D eigenvalue weighted by Gasteiger charge is -2.30. The number of ether oxygens (including phenoxy) is 1. The molecule has 21 heavy (non-hydrogen) atoms. The van der Waals surface area contributed by atoms with Crippen molar-refractivity contribution < 1.29 is 4.74 Å². The lowest BCUT2D eigenvalue weighted by atomic mass is 10.2. The van der Waals surface area contributed by atoms with Crippen LogP contribution < -0.4 is 21.3 Å². The van der Waals surface area contributed by atoms with Crippen molar-refractivity contribution in [3.63, 3.8) is 0 Å². The van der Waals surface area contributed by atoms with E-state index >= 15 is 0 Å². The minimum atomic E-state index is 0.257. The first-order chi connectivity index (χ1) is 9.97. The summed E-state index contributed by atoms with van der Waals surface area (Å²) in [6, 6.07) is 1.24. The second kappa shape index (κ2) is 8.58. The van der Waals surface area contributed by atoms with Crippen molar-refractivity contribution in [2.75, 3.05) is 30.4 Å². The maximum absolute atomic E-state index is 5.35. The van der Waals surface area contributed by atoms with Gasteiger partial charge < -0.3 is 10.1 Å². The molecule has 0 spiro atoms. The maximum Gasteiger partial charge on any atom is 0.323 e. The predicted molar refractivity (Wildman–Crippen MR) is 84.3 cm³/mol. The Hall–Kier alpha value is -1.67. The molecule has 120 valence electrons. The van der Waals surface area contributed by atoms with Gasteiger partial charge in [0.2, 0.25) is 11.9 Å². The van der Waals surface area contributed by atoms with Gasteiger partial charge in [0, 0.05) is 25.2 Å². The van der Waals surface area contributed by atoms with Gasteiger partial charge in [-0.2, -0.15) is 15.0 Å². The second-order valence-corrected chi connectivity index (χ2v) is 5.19. The fourth-order valence-electron chi connectivity index (χ4n) is 2.10. The summed E-state index contributed by atoms with van der Waals surface area (Å²) in [4.78, 5) is 14.7. The summed E-state index contributed by atoms with van der Waals surface area (Å²) in [5.74, 6) is 6.08. The van der Waals surface area contributed by atoms with Crippen molar-refractivity contribution in [1.82, 2.24) is 19.9 Å². The van der Waals surface area contributed by atoms with Gasteiger partial charge in [-0.1, -0.05) is 0 Å². The highest BCUT2D eigenvalue weighted by molar-refractivity contribution is 5.34. The third kappa shape index (κ3) is 5.68. The van der Waals surface area contributed by atoms with Gasteiger partial charge in [0.05, 0.1) is 6.61 Å². The van der Waals surface area contributed by atoms with Crippen molar-refractivity contribution in [2.45, 2.75) is 46.7 Å². The summed E-state index contributed by atoms with van der Waals surface area (Å²) in [5, 5.41) is 3.18.